The summed E-state index contributed by atoms with van der Waals surface area (Å²) in [6.07, 6.45) is 4.32. The molecule has 0 bridgehead atoms. The van der Waals surface area contributed by atoms with Gasteiger partial charge in [-0.15, -0.1) is 0 Å². The van der Waals surface area contributed by atoms with E-state index < -0.39 is 0 Å². The molecule has 1 amide bonds. The average Bonchev–Trinajstić information content (AvgIpc) is 3.34. The monoisotopic (exact) mass is 371 g/mol. The van der Waals surface area contributed by atoms with Gasteiger partial charge in [-0.3, -0.25) is 14.4 Å². The summed E-state index contributed by atoms with van der Waals surface area (Å²) in [6, 6.07) is 6.38. The number of ether oxygens (including phenoxy) is 1. The van der Waals surface area contributed by atoms with Gasteiger partial charge >= 0.3 is 0 Å². The minimum Gasteiger partial charge on any atom is -0.365 e. The third-order valence-electron chi connectivity index (χ3n) is 5.56. The van der Waals surface area contributed by atoms with E-state index in [1.165, 1.54) is 11.4 Å². The lowest BCUT2D eigenvalue weighted by Crippen LogP contribution is -2.37. The van der Waals surface area contributed by atoms with Gasteiger partial charge in [0.25, 0.3) is 0 Å². The molecule has 0 spiro atoms. The van der Waals surface area contributed by atoms with E-state index in [0.717, 1.165) is 57.8 Å². The van der Waals surface area contributed by atoms with Crippen molar-refractivity contribution >= 4 is 5.91 Å². The van der Waals surface area contributed by atoms with Crippen LogP contribution in [0.25, 0.3) is 0 Å². The highest BCUT2D eigenvalue weighted by molar-refractivity contribution is 5.77. The maximum atomic E-state index is 12.4. The Labute approximate surface area is 160 Å². The molecule has 2 aliphatic heterocycles. The zero-order valence-electron chi connectivity index (χ0n) is 16.3. The number of aryl methyl sites for hydroxylation is 2. The number of amides is 1. The molecule has 4 heterocycles. The number of hydrogen-bond acceptors (Lipinski definition) is 4. The Morgan fingerprint density at radius 2 is 2.11 bits per heavy atom. The van der Waals surface area contributed by atoms with E-state index in [9.17, 15) is 4.79 Å². The molecule has 0 unspecified atom stereocenters. The number of aromatic nitrogens is 3. The van der Waals surface area contributed by atoms with Crippen molar-refractivity contribution in [2.75, 3.05) is 26.2 Å². The van der Waals surface area contributed by atoms with Gasteiger partial charge in [-0.2, -0.15) is 5.10 Å². The van der Waals surface area contributed by atoms with E-state index in [2.05, 4.69) is 39.0 Å². The molecule has 0 saturated carbocycles. The first-order chi connectivity index (χ1) is 13.1. The van der Waals surface area contributed by atoms with Gasteiger partial charge in [0.1, 0.15) is 6.61 Å². The number of carbonyl (C=O) groups is 1. The van der Waals surface area contributed by atoms with Crippen LogP contribution >= 0.6 is 0 Å². The van der Waals surface area contributed by atoms with Crippen molar-refractivity contribution in [2.45, 2.75) is 45.5 Å². The lowest BCUT2D eigenvalue weighted by Gasteiger charge is -2.25. The van der Waals surface area contributed by atoms with Crippen LogP contribution < -0.4 is 0 Å². The maximum Gasteiger partial charge on any atom is 0.248 e. The van der Waals surface area contributed by atoms with E-state index in [-0.39, 0.29) is 18.6 Å². The van der Waals surface area contributed by atoms with Gasteiger partial charge in [-0.25, -0.2) is 0 Å². The number of likely N-dealkylation sites (tertiary alicyclic amines) is 1. The molecule has 27 heavy (non-hydrogen) atoms. The van der Waals surface area contributed by atoms with Gasteiger partial charge in [0.2, 0.25) is 5.91 Å². The summed E-state index contributed by atoms with van der Waals surface area (Å²) in [5.74, 6) is 0.123. The van der Waals surface area contributed by atoms with Crippen molar-refractivity contribution < 1.29 is 9.53 Å². The largest absolute Gasteiger partial charge is 0.365 e. The Balaban J connectivity index is 1.43. The molecule has 7 nitrogen and oxygen atoms in total. The Hall–Kier alpha value is -2.12. The zero-order valence-corrected chi connectivity index (χ0v) is 16.3. The van der Waals surface area contributed by atoms with E-state index >= 15 is 0 Å². The maximum absolute atomic E-state index is 12.4. The quantitative estimate of drug-likeness (QED) is 0.800. The van der Waals surface area contributed by atoms with Crippen molar-refractivity contribution in [3.05, 3.63) is 41.5 Å². The average molecular weight is 371 g/mol. The van der Waals surface area contributed by atoms with Crippen LogP contribution in [0.15, 0.2) is 24.4 Å². The van der Waals surface area contributed by atoms with Crippen molar-refractivity contribution in [3.63, 3.8) is 0 Å². The molecule has 0 N–H and O–H groups in total. The number of fused-ring (bicyclic) bond motifs is 1. The normalized spacial score (nSPS) is 20.7. The summed E-state index contributed by atoms with van der Waals surface area (Å²) >= 11 is 0. The summed E-state index contributed by atoms with van der Waals surface area (Å²) < 4.78 is 10.3. The molecule has 0 radical (unpaired) electrons. The van der Waals surface area contributed by atoms with E-state index in [1.807, 2.05) is 23.6 Å². The minimum absolute atomic E-state index is 0.000437. The van der Waals surface area contributed by atoms with Gasteiger partial charge in [-0.05, 0) is 38.0 Å². The molecule has 1 fully saturated rings. The second-order valence-corrected chi connectivity index (χ2v) is 7.74. The first-order valence-electron chi connectivity index (χ1n) is 9.84. The number of rotatable bonds is 5. The Bertz CT molecular complexity index is 790. The second kappa shape index (κ2) is 7.86. The second-order valence-electron chi connectivity index (χ2n) is 7.74. The molecule has 0 aliphatic carbocycles. The van der Waals surface area contributed by atoms with E-state index in [0.29, 0.717) is 0 Å². The molecule has 2 aliphatic rings. The zero-order chi connectivity index (χ0) is 18.8. The molecule has 1 atom stereocenters. The lowest BCUT2D eigenvalue weighted by molar-refractivity contribution is -0.137. The van der Waals surface area contributed by atoms with Gasteiger partial charge in [0, 0.05) is 58.2 Å². The minimum atomic E-state index is -0.000437. The summed E-state index contributed by atoms with van der Waals surface area (Å²) in [6.45, 7) is 7.24. The molecule has 1 saturated heterocycles. The van der Waals surface area contributed by atoms with Crippen LogP contribution in [0, 0.1) is 6.92 Å². The Kier molecular flexibility index (Phi) is 5.31. The number of carbonyl (C=O) groups excluding carboxylic acids is 1. The van der Waals surface area contributed by atoms with Crippen molar-refractivity contribution in [1.29, 1.82) is 0 Å². The van der Waals surface area contributed by atoms with Crippen LogP contribution in [0.3, 0.4) is 0 Å². The molecule has 146 valence electrons. The predicted molar refractivity (Wildman–Crippen MR) is 102 cm³/mol. The standard InChI is InChI=1S/C20H29N5O2/c1-16-10-18(22(2)21-16)12-23-11-17-6-5-9-25(17)14-19(13-23)27-15-20(26)24-7-3-4-8-24/h5-6,9-10,19H,3-4,7-8,11-15H2,1-2H3/t19-/m0/s1. The SMILES string of the molecule is Cc1cc(CN2Cc3cccn3C[C@@H](OCC(=O)N3CCCC3)C2)n(C)n1. The van der Waals surface area contributed by atoms with Crippen LogP contribution in [0.4, 0.5) is 0 Å². The summed E-state index contributed by atoms with van der Waals surface area (Å²) in [7, 11) is 1.99. The fourth-order valence-electron chi connectivity index (χ4n) is 4.14. The van der Waals surface area contributed by atoms with Gasteiger partial charge in [0.15, 0.2) is 0 Å². The highest BCUT2D eigenvalue weighted by atomic mass is 16.5. The molecule has 2 aromatic rings. The predicted octanol–water partition coefficient (Wildman–Crippen LogP) is 1.55. The molecular formula is C20H29N5O2. The van der Waals surface area contributed by atoms with E-state index in [1.54, 1.807) is 0 Å². The molecular weight excluding hydrogens is 342 g/mol. The van der Waals surface area contributed by atoms with Crippen LogP contribution in [0.2, 0.25) is 0 Å². The van der Waals surface area contributed by atoms with Gasteiger partial charge in [0.05, 0.1) is 17.5 Å². The lowest BCUT2D eigenvalue weighted by atomic mass is 10.3. The Morgan fingerprint density at radius 1 is 1.30 bits per heavy atom. The fraction of sp³-hybridized carbons (Fsp3) is 0.600. The topological polar surface area (TPSA) is 55.5 Å². The van der Waals surface area contributed by atoms with Crippen LogP contribution in [-0.2, 0) is 36.2 Å². The number of hydrogen-bond donors (Lipinski definition) is 0. The number of nitrogens with zero attached hydrogens (tertiary/aromatic N) is 5. The highest BCUT2D eigenvalue weighted by Gasteiger charge is 2.25. The van der Waals surface area contributed by atoms with Crippen LogP contribution in [-0.4, -0.2) is 62.4 Å². The first kappa shape index (κ1) is 18.3. The Morgan fingerprint density at radius 3 is 2.85 bits per heavy atom. The van der Waals surface area contributed by atoms with Gasteiger partial charge < -0.3 is 14.2 Å². The third-order valence-corrected chi connectivity index (χ3v) is 5.56. The summed E-state index contributed by atoms with van der Waals surface area (Å²) in [5.41, 5.74) is 3.51. The fourth-order valence-corrected chi connectivity index (χ4v) is 4.14. The molecule has 0 aromatic carbocycles. The van der Waals surface area contributed by atoms with Crippen LogP contribution in [0.1, 0.15) is 29.9 Å². The highest BCUT2D eigenvalue weighted by Crippen LogP contribution is 2.18. The summed E-state index contributed by atoms with van der Waals surface area (Å²) in [5, 5.41) is 4.46. The summed E-state index contributed by atoms with van der Waals surface area (Å²) in [4.78, 5) is 16.7. The first-order valence-corrected chi connectivity index (χ1v) is 9.84. The molecule has 2 aromatic heterocycles. The van der Waals surface area contributed by atoms with E-state index in [4.69, 9.17) is 4.74 Å². The van der Waals surface area contributed by atoms with Crippen molar-refractivity contribution in [3.8, 4) is 0 Å². The van der Waals surface area contributed by atoms with Crippen molar-refractivity contribution in [1.82, 2.24) is 24.1 Å². The molecule has 4 rings (SSSR count). The third kappa shape index (κ3) is 4.25. The smallest absolute Gasteiger partial charge is 0.248 e. The molecule has 7 heteroatoms. The van der Waals surface area contributed by atoms with Crippen LogP contribution in [0.5, 0.6) is 0 Å². The van der Waals surface area contributed by atoms with Gasteiger partial charge in [-0.1, -0.05) is 0 Å². The van der Waals surface area contributed by atoms with Crippen molar-refractivity contribution in [2.24, 2.45) is 7.05 Å².